The minimum absolute atomic E-state index is 0.00345. The summed E-state index contributed by atoms with van der Waals surface area (Å²) in [5.41, 5.74) is 4.75. The quantitative estimate of drug-likeness (QED) is 0.576. The van der Waals surface area contributed by atoms with E-state index >= 15 is 0 Å². The van der Waals surface area contributed by atoms with E-state index < -0.39 is 12.2 Å². The van der Waals surface area contributed by atoms with Crippen LogP contribution in [0.5, 0.6) is 0 Å². The van der Waals surface area contributed by atoms with Gasteiger partial charge in [-0.1, -0.05) is 44.2 Å². The van der Waals surface area contributed by atoms with Crippen LogP contribution in [0, 0.1) is 5.92 Å². The maximum atomic E-state index is 13.4. The third kappa shape index (κ3) is 5.93. The van der Waals surface area contributed by atoms with Gasteiger partial charge in [-0.3, -0.25) is 9.59 Å². The summed E-state index contributed by atoms with van der Waals surface area (Å²) >= 11 is 0. The first-order valence-electron chi connectivity index (χ1n) is 12.7. The summed E-state index contributed by atoms with van der Waals surface area (Å²) in [5, 5.41) is 5.23. The van der Waals surface area contributed by atoms with Crippen LogP contribution in [0.2, 0.25) is 0 Å². The first-order valence-corrected chi connectivity index (χ1v) is 12.7. The minimum Gasteiger partial charge on any atom is -0.441 e. The number of carbonyl (C=O) groups excluding carboxylic acids is 4. The largest absolute Gasteiger partial charge is 0.441 e. The van der Waals surface area contributed by atoms with E-state index in [1.54, 1.807) is 11.0 Å². The highest BCUT2D eigenvalue weighted by molar-refractivity contribution is 5.90. The second kappa shape index (κ2) is 11.5. The summed E-state index contributed by atoms with van der Waals surface area (Å²) in [4.78, 5) is 52.4. The van der Waals surface area contributed by atoms with Gasteiger partial charge in [0.1, 0.15) is 12.6 Å². The number of fused-ring (bicyclic) bond motifs is 2. The summed E-state index contributed by atoms with van der Waals surface area (Å²) in [5.74, 6) is -0.0520. The van der Waals surface area contributed by atoms with Crippen molar-refractivity contribution in [1.82, 2.24) is 15.1 Å². The molecule has 0 saturated heterocycles. The van der Waals surface area contributed by atoms with E-state index in [9.17, 15) is 19.2 Å². The molecule has 0 aromatic heterocycles. The number of amides is 5. The number of anilines is 1. The number of hydrogen-bond donors (Lipinski definition) is 2. The van der Waals surface area contributed by atoms with E-state index in [4.69, 9.17) is 4.74 Å². The van der Waals surface area contributed by atoms with E-state index in [2.05, 4.69) is 30.5 Å². The molecule has 1 aliphatic heterocycles. The molecule has 5 amide bonds. The Morgan fingerprint density at radius 3 is 2.51 bits per heavy atom. The Labute approximate surface area is 217 Å². The molecule has 4 rings (SSSR count). The van der Waals surface area contributed by atoms with E-state index in [-0.39, 0.29) is 30.4 Å². The highest BCUT2D eigenvalue weighted by atomic mass is 16.6. The average Bonchev–Trinajstić information content (AvgIpc) is 3.16. The predicted molar refractivity (Wildman–Crippen MR) is 139 cm³/mol. The van der Waals surface area contributed by atoms with E-state index in [0.717, 1.165) is 34.4 Å². The molecule has 0 saturated carbocycles. The standard InChI is InChI=1S/C28H34N4O5/c1-18(2)24-12-8-19-6-4-5-7-21(19)15-32(24)26(34)16-31(17-33)28(36)37-25-13-9-20-14-22(10-11-23(20)25)30-27(35)29-3/h4-7,10-11,14,17-18,24-25H,8-9,12-13,15-16H2,1-3H3,(H2,29,30,35). The molecule has 9 heteroatoms. The van der Waals surface area contributed by atoms with Crippen LogP contribution in [0.4, 0.5) is 15.3 Å². The molecule has 2 atom stereocenters. The highest BCUT2D eigenvalue weighted by Gasteiger charge is 2.33. The van der Waals surface area contributed by atoms with Crippen molar-refractivity contribution < 1.29 is 23.9 Å². The Kier molecular flexibility index (Phi) is 8.11. The van der Waals surface area contributed by atoms with Crippen molar-refractivity contribution in [2.75, 3.05) is 18.9 Å². The third-order valence-corrected chi connectivity index (χ3v) is 7.22. The summed E-state index contributed by atoms with van der Waals surface area (Å²) in [6.45, 7) is 4.24. The molecular formula is C28H34N4O5. The number of hydrogen-bond acceptors (Lipinski definition) is 5. The zero-order chi connectivity index (χ0) is 26.5. The summed E-state index contributed by atoms with van der Waals surface area (Å²) in [6, 6.07) is 13.2. The Hall–Kier alpha value is -3.88. The van der Waals surface area contributed by atoms with Crippen LogP contribution in [0.15, 0.2) is 42.5 Å². The lowest BCUT2D eigenvalue weighted by Crippen LogP contribution is -2.47. The fourth-order valence-corrected chi connectivity index (χ4v) is 5.22. The molecule has 0 radical (unpaired) electrons. The van der Waals surface area contributed by atoms with Gasteiger partial charge in [0.2, 0.25) is 12.3 Å². The van der Waals surface area contributed by atoms with E-state index in [1.807, 2.05) is 30.3 Å². The molecule has 37 heavy (non-hydrogen) atoms. The first-order chi connectivity index (χ1) is 17.8. The van der Waals surface area contributed by atoms with Crippen LogP contribution < -0.4 is 10.6 Å². The number of rotatable bonds is 6. The number of imide groups is 1. The summed E-state index contributed by atoms with van der Waals surface area (Å²) in [7, 11) is 1.54. The zero-order valence-electron chi connectivity index (χ0n) is 21.5. The average molecular weight is 507 g/mol. The van der Waals surface area contributed by atoms with Crippen molar-refractivity contribution in [2.24, 2.45) is 5.92 Å². The van der Waals surface area contributed by atoms with Crippen LogP contribution in [0.3, 0.4) is 0 Å². The summed E-state index contributed by atoms with van der Waals surface area (Å²) < 4.78 is 5.66. The van der Waals surface area contributed by atoms with Crippen molar-refractivity contribution in [1.29, 1.82) is 0 Å². The van der Waals surface area contributed by atoms with Gasteiger partial charge in [-0.2, -0.15) is 0 Å². The molecule has 2 aromatic rings. The Bertz CT molecular complexity index is 1180. The lowest BCUT2D eigenvalue weighted by atomic mass is 9.96. The van der Waals surface area contributed by atoms with Gasteiger partial charge in [0.15, 0.2) is 0 Å². The van der Waals surface area contributed by atoms with Crippen molar-refractivity contribution in [3.63, 3.8) is 0 Å². The van der Waals surface area contributed by atoms with Crippen LogP contribution in [-0.4, -0.2) is 53.9 Å². The fourth-order valence-electron chi connectivity index (χ4n) is 5.22. The minimum atomic E-state index is -0.843. The Balaban J connectivity index is 1.43. The maximum absolute atomic E-state index is 13.4. The van der Waals surface area contributed by atoms with Gasteiger partial charge < -0.3 is 20.3 Å². The normalized spacial score (nSPS) is 18.3. The molecule has 2 N–H and O–H groups in total. The van der Waals surface area contributed by atoms with Gasteiger partial charge in [-0.25, -0.2) is 14.5 Å². The van der Waals surface area contributed by atoms with Crippen LogP contribution in [0.1, 0.15) is 55.0 Å². The smallest absolute Gasteiger partial charge is 0.417 e. The van der Waals surface area contributed by atoms with Crippen LogP contribution in [0.25, 0.3) is 0 Å². The monoisotopic (exact) mass is 506 g/mol. The van der Waals surface area contributed by atoms with Crippen molar-refractivity contribution in [3.05, 3.63) is 64.7 Å². The van der Waals surface area contributed by atoms with Crippen LogP contribution in [-0.2, 0) is 33.7 Å². The molecule has 0 bridgehead atoms. The van der Waals surface area contributed by atoms with E-state index in [1.165, 1.54) is 12.6 Å². The maximum Gasteiger partial charge on any atom is 0.417 e. The number of carbonyl (C=O) groups is 4. The lowest BCUT2D eigenvalue weighted by Gasteiger charge is -2.34. The Morgan fingerprint density at radius 1 is 1.08 bits per heavy atom. The van der Waals surface area contributed by atoms with Gasteiger partial charge in [0, 0.05) is 25.3 Å². The van der Waals surface area contributed by atoms with Gasteiger partial charge in [-0.05, 0) is 66.0 Å². The molecule has 2 aromatic carbocycles. The molecule has 0 spiro atoms. The second-order valence-corrected chi connectivity index (χ2v) is 9.90. The second-order valence-electron chi connectivity index (χ2n) is 9.90. The fraction of sp³-hybridized carbons (Fsp3) is 0.429. The molecule has 1 aliphatic carbocycles. The topological polar surface area (TPSA) is 108 Å². The number of aryl methyl sites for hydroxylation is 2. The number of nitrogens with one attached hydrogen (secondary N) is 2. The number of urea groups is 1. The molecule has 9 nitrogen and oxygen atoms in total. The molecule has 0 fully saturated rings. The molecule has 2 unspecified atom stereocenters. The van der Waals surface area contributed by atoms with Crippen molar-refractivity contribution in [2.45, 2.75) is 58.2 Å². The Morgan fingerprint density at radius 2 is 1.81 bits per heavy atom. The van der Waals surface area contributed by atoms with Crippen molar-refractivity contribution >= 4 is 30.1 Å². The highest BCUT2D eigenvalue weighted by Crippen LogP contribution is 2.36. The van der Waals surface area contributed by atoms with Crippen LogP contribution >= 0.6 is 0 Å². The van der Waals surface area contributed by atoms with E-state index in [0.29, 0.717) is 31.5 Å². The van der Waals surface area contributed by atoms with Gasteiger partial charge in [-0.15, -0.1) is 0 Å². The molecule has 1 heterocycles. The van der Waals surface area contributed by atoms with Gasteiger partial charge >= 0.3 is 12.1 Å². The SMILES string of the molecule is CNC(=O)Nc1ccc2c(c1)CCC2OC(=O)N(C=O)CC(=O)N1Cc2ccccc2CCC1C(C)C. The van der Waals surface area contributed by atoms with Crippen molar-refractivity contribution in [3.8, 4) is 0 Å². The molecular weight excluding hydrogens is 472 g/mol. The first kappa shape index (κ1) is 26.2. The molecule has 196 valence electrons. The predicted octanol–water partition coefficient (Wildman–Crippen LogP) is 4.02. The molecule has 2 aliphatic rings. The lowest BCUT2D eigenvalue weighted by molar-refractivity contribution is -0.138. The number of nitrogens with zero attached hydrogens (tertiary/aromatic N) is 2. The number of benzene rings is 2. The van der Waals surface area contributed by atoms with Gasteiger partial charge in [0.25, 0.3) is 0 Å². The van der Waals surface area contributed by atoms with Gasteiger partial charge in [0.05, 0.1) is 0 Å². The zero-order valence-corrected chi connectivity index (χ0v) is 21.5. The third-order valence-electron chi connectivity index (χ3n) is 7.22. The summed E-state index contributed by atoms with van der Waals surface area (Å²) in [6.07, 6.45) is 1.92. The number of ether oxygens (including phenoxy) is 1.